The zero-order valence-electron chi connectivity index (χ0n) is 7.00. The highest BCUT2D eigenvalue weighted by Crippen LogP contribution is 2.34. The molecule has 0 radical (unpaired) electrons. The molecule has 1 aromatic rings. The highest BCUT2D eigenvalue weighted by Gasteiger charge is 2.05. The highest BCUT2D eigenvalue weighted by atomic mass is 79.9. The molecular weight excluding hydrogens is 232 g/mol. The van der Waals surface area contributed by atoms with Crippen LogP contribution in [0.3, 0.4) is 0 Å². The molecule has 1 aromatic carbocycles. The molecule has 0 N–H and O–H groups in total. The molecular formula is C10H9BrO2. The van der Waals surface area contributed by atoms with E-state index < -0.39 is 0 Å². The lowest BCUT2D eigenvalue weighted by Crippen LogP contribution is -1.86. The Morgan fingerprint density at radius 1 is 1.08 bits per heavy atom. The van der Waals surface area contributed by atoms with Gasteiger partial charge < -0.3 is 9.47 Å². The van der Waals surface area contributed by atoms with E-state index >= 15 is 0 Å². The number of halogens is 1. The molecule has 68 valence electrons. The summed E-state index contributed by atoms with van der Waals surface area (Å²) in [5.74, 6) is 1.32. The summed E-state index contributed by atoms with van der Waals surface area (Å²) in [5.41, 5.74) is 0. The minimum atomic E-state index is 0.661. The van der Waals surface area contributed by atoms with E-state index in [1.54, 1.807) is 0 Å². The second-order valence-electron chi connectivity index (χ2n) is 2.14. The first kappa shape index (κ1) is 9.86. The van der Waals surface area contributed by atoms with E-state index in [1.807, 2.05) is 18.2 Å². The second-order valence-corrected chi connectivity index (χ2v) is 2.93. The van der Waals surface area contributed by atoms with Gasteiger partial charge in [-0.05, 0) is 28.1 Å². The van der Waals surface area contributed by atoms with Gasteiger partial charge in [0.1, 0.15) is 16.0 Å². The Balaban J connectivity index is 3.02. The summed E-state index contributed by atoms with van der Waals surface area (Å²) >= 11 is 3.34. The molecule has 0 saturated carbocycles. The van der Waals surface area contributed by atoms with Crippen LogP contribution in [0.2, 0.25) is 0 Å². The van der Waals surface area contributed by atoms with Gasteiger partial charge in [-0.2, -0.15) is 0 Å². The van der Waals surface area contributed by atoms with Crippen molar-refractivity contribution in [2.24, 2.45) is 0 Å². The molecule has 0 fully saturated rings. The highest BCUT2D eigenvalue weighted by molar-refractivity contribution is 9.10. The van der Waals surface area contributed by atoms with Crippen LogP contribution >= 0.6 is 15.9 Å². The van der Waals surface area contributed by atoms with Crippen LogP contribution in [0.4, 0.5) is 0 Å². The Morgan fingerprint density at radius 3 is 1.92 bits per heavy atom. The summed E-state index contributed by atoms with van der Waals surface area (Å²) in [7, 11) is 0. The molecule has 0 aromatic heterocycles. The average Bonchev–Trinajstić information content (AvgIpc) is 2.13. The lowest BCUT2D eigenvalue weighted by Gasteiger charge is -2.06. The molecule has 0 spiro atoms. The standard InChI is InChI=1S/C10H9BrO2/c1-3-12-8-6-5-7-9(10(8)11)13-4-2/h3-7H,1-2H2. The maximum absolute atomic E-state index is 5.13. The zero-order valence-corrected chi connectivity index (χ0v) is 8.58. The largest absolute Gasteiger partial charge is 0.464 e. The van der Waals surface area contributed by atoms with Gasteiger partial charge in [-0.25, -0.2) is 0 Å². The van der Waals surface area contributed by atoms with E-state index in [1.165, 1.54) is 12.5 Å². The fraction of sp³-hybridized carbons (Fsp3) is 0. The monoisotopic (exact) mass is 240 g/mol. The molecule has 0 saturated heterocycles. The van der Waals surface area contributed by atoms with Gasteiger partial charge in [-0.15, -0.1) is 0 Å². The summed E-state index contributed by atoms with van der Waals surface area (Å²) < 4.78 is 11.0. The van der Waals surface area contributed by atoms with Crippen molar-refractivity contribution in [1.82, 2.24) is 0 Å². The van der Waals surface area contributed by atoms with E-state index in [4.69, 9.17) is 9.47 Å². The van der Waals surface area contributed by atoms with Crippen molar-refractivity contribution in [3.8, 4) is 11.5 Å². The maximum Gasteiger partial charge on any atom is 0.144 e. The third-order valence-corrected chi connectivity index (χ3v) is 2.13. The Bertz CT molecular complexity index is 292. The Morgan fingerprint density at radius 2 is 1.54 bits per heavy atom. The first-order valence-corrected chi connectivity index (χ1v) is 4.42. The van der Waals surface area contributed by atoms with Gasteiger partial charge in [0.25, 0.3) is 0 Å². The van der Waals surface area contributed by atoms with Crippen molar-refractivity contribution in [3.05, 3.63) is 48.4 Å². The Labute approximate surface area is 85.6 Å². The number of benzene rings is 1. The third kappa shape index (κ3) is 2.36. The van der Waals surface area contributed by atoms with Crippen LogP contribution in [0.15, 0.2) is 48.4 Å². The molecule has 13 heavy (non-hydrogen) atoms. The quantitative estimate of drug-likeness (QED) is 0.751. The number of rotatable bonds is 4. The minimum absolute atomic E-state index is 0.661. The number of hydrogen-bond donors (Lipinski definition) is 0. The van der Waals surface area contributed by atoms with Crippen LogP contribution in [0, 0.1) is 0 Å². The van der Waals surface area contributed by atoms with Crippen LogP contribution in [0.5, 0.6) is 11.5 Å². The first-order valence-electron chi connectivity index (χ1n) is 3.63. The molecule has 1 rings (SSSR count). The van der Waals surface area contributed by atoms with Gasteiger partial charge in [0, 0.05) is 0 Å². The van der Waals surface area contributed by atoms with Crippen molar-refractivity contribution in [2.75, 3.05) is 0 Å². The lowest BCUT2D eigenvalue weighted by molar-refractivity contribution is 0.455. The molecule has 0 aliphatic heterocycles. The Kier molecular flexibility index (Phi) is 3.58. The van der Waals surface area contributed by atoms with Gasteiger partial charge in [-0.3, -0.25) is 0 Å². The SMILES string of the molecule is C=COc1cccc(OC=C)c1Br. The van der Waals surface area contributed by atoms with Gasteiger partial charge in [0.15, 0.2) is 0 Å². The Hall–Kier alpha value is -1.22. The molecule has 2 nitrogen and oxygen atoms in total. The summed E-state index contributed by atoms with van der Waals surface area (Å²) in [6.45, 7) is 6.94. The third-order valence-electron chi connectivity index (χ3n) is 1.35. The summed E-state index contributed by atoms with van der Waals surface area (Å²) in [4.78, 5) is 0. The molecule has 0 aliphatic carbocycles. The topological polar surface area (TPSA) is 18.5 Å². The van der Waals surface area contributed by atoms with Crippen molar-refractivity contribution in [3.63, 3.8) is 0 Å². The second kappa shape index (κ2) is 4.72. The van der Waals surface area contributed by atoms with Crippen LogP contribution in [-0.4, -0.2) is 0 Å². The van der Waals surface area contributed by atoms with Crippen LogP contribution in [0.1, 0.15) is 0 Å². The fourth-order valence-electron chi connectivity index (χ4n) is 0.852. The minimum Gasteiger partial charge on any atom is -0.464 e. The molecule has 0 atom stereocenters. The van der Waals surface area contributed by atoms with E-state index in [0.717, 1.165) is 4.47 Å². The van der Waals surface area contributed by atoms with Crippen LogP contribution in [-0.2, 0) is 0 Å². The maximum atomic E-state index is 5.13. The van der Waals surface area contributed by atoms with E-state index in [0.29, 0.717) is 11.5 Å². The average molecular weight is 241 g/mol. The first-order chi connectivity index (χ1) is 6.29. The van der Waals surface area contributed by atoms with E-state index in [9.17, 15) is 0 Å². The smallest absolute Gasteiger partial charge is 0.144 e. The summed E-state index contributed by atoms with van der Waals surface area (Å²) in [6, 6.07) is 5.44. The van der Waals surface area contributed by atoms with E-state index in [2.05, 4.69) is 29.1 Å². The molecule has 3 heteroatoms. The number of ether oxygens (including phenoxy) is 2. The fourth-order valence-corrected chi connectivity index (χ4v) is 1.30. The zero-order chi connectivity index (χ0) is 9.68. The van der Waals surface area contributed by atoms with Gasteiger partial charge >= 0.3 is 0 Å². The van der Waals surface area contributed by atoms with Crippen LogP contribution < -0.4 is 9.47 Å². The van der Waals surface area contributed by atoms with E-state index in [-0.39, 0.29) is 0 Å². The summed E-state index contributed by atoms with van der Waals surface area (Å²) in [5, 5.41) is 0. The van der Waals surface area contributed by atoms with Crippen LogP contribution in [0.25, 0.3) is 0 Å². The predicted octanol–water partition coefficient (Wildman–Crippen LogP) is 3.49. The molecule has 0 aliphatic rings. The van der Waals surface area contributed by atoms with Crippen molar-refractivity contribution in [2.45, 2.75) is 0 Å². The van der Waals surface area contributed by atoms with Gasteiger partial charge in [0.05, 0.1) is 12.5 Å². The molecule has 0 amide bonds. The number of hydrogen-bond acceptors (Lipinski definition) is 2. The van der Waals surface area contributed by atoms with Crippen molar-refractivity contribution >= 4 is 15.9 Å². The lowest BCUT2D eigenvalue weighted by atomic mass is 10.3. The van der Waals surface area contributed by atoms with Gasteiger partial charge in [-0.1, -0.05) is 19.2 Å². The predicted molar refractivity (Wildman–Crippen MR) is 55.8 cm³/mol. The van der Waals surface area contributed by atoms with Crippen molar-refractivity contribution in [1.29, 1.82) is 0 Å². The molecule has 0 heterocycles. The van der Waals surface area contributed by atoms with Gasteiger partial charge in [0.2, 0.25) is 0 Å². The normalized spacial score (nSPS) is 9.00. The molecule has 0 bridgehead atoms. The summed E-state index contributed by atoms with van der Waals surface area (Å²) in [6.07, 6.45) is 2.72. The van der Waals surface area contributed by atoms with Crippen molar-refractivity contribution < 1.29 is 9.47 Å². The molecule has 0 unspecified atom stereocenters.